The van der Waals surface area contributed by atoms with Crippen LogP contribution in [0, 0.1) is 0 Å². The van der Waals surface area contributed by atoms with E-state index >= 15 is 0 Å². The summed E-state index contributed by atoms with van der Waals surface area (Å²) in [5.74, 6) is -0.0162. The van der Waals surface area contributed by atoms with E-state index in [4.69, 9.17) is 0 Å². The second kappa shape index (κ2) is 5.45. The second-order valence-corrected chi connectivity index (χ2v) is 4.08. The van der Waals surface area contributed by atoms with Gasteiger partial charge >= 0.3 is 0 Å². The van der Waals surface area contributed by atoms with E-state index < -0.39 is 0 Å². The van der Waals surface area contributed by atoms with Crippen LogP contribution < -0.4 is 5.32 Å². The van der Waals surface area contributed by atoms with Crippen LogP contribution in [0.2, 0.25) is 0 Å². The van der Waals surface area contributed by atoms with Gasteiger partial charge in [0.2, 0.25) is 5.91 Å². The maximum Gasteiger partial charge on any atom is 0.244 e. The fraction of sp³-hybridized carbons (Fsp3) is 0.385. The number of hydrogen-bond acceptors (Lipinski definition) is 2. The number of rotatable bonds is 3. The van der Waals surface area contributed by atoms with Gasteiger partial charge in [-0.25, -0.2) is 0 Å². The molecule has 3 nitrogen and oxygen atoms in total. The molecule has 1 aromatic rings. The molecule has 16 heavy (non-hydrogen) atoms. The number of pyridine rings is 1. The van der Waals surface area contributed by atoms with Gasteiger partial charge in [-0.15, -0.1) is 0 Å². The van der Waals surface area contributed by atoms with Gasteiger partial charge in [0.15, 0.2) is 0 Å². The molecule has 0 unspecified atom stereocenters. The fourth-order valence-corrected chi connectivity index (χ4v) is 1.96. The molecule has 1 aliphatic carbocycles. The lowest BCUT2D eigenvalue weighted by molar-refractivity contribution is -0.117. The van der Waals surface area contributed by atoms with Crippen molar-refractivity contribution in [3.05, 3.63) is 36.2 Å². The highest BCUT2D eigenvalue weighted by Crippen LogP contribution is 2.17. The Balaban J connectivity index is 1.84. The van der Waals surface area contributed by atoms with E-state index in [1.54, 1.807) is 18.3 Å². The SMILES string of the molecule is O=C(/C=C/c1ccccn1)NC1CCCC1. The molecule has 1 N–H and O–H groups in total. The van der Waals surface area contributed by atoms with Crippen LogP contribution in [0.3, 0.4) is 0 Å². The lowest BCUT2D eigenvalue weighted by Crippen LogP contribution is -2.30. The van der Waals surface area contributed by atoms with E-state index in [1.807, 2.05) is 18.2 Å². The molecule has 3 heteroatoms. The lowest BCUT2D eigenvalue weighted by Gasteiger charge is -2.08. The molecule has 1 aliphatic rings. The molecule has 1 fully saturated rings. The van der Waals surface area contributed by atoms with Gasteiger partial charge in [0, 0.05) is 18.3 Å². The largest absolute Gasteiger partial charge is 0.350 e. The molecule has 0 radical (unpaired) electrons. The molecule has 0 saturated heterocycles. The van der Waals surface area contributed by atoms with E-state index in [0.29, 0.717) is 6.04 Å². The molecule has 1 amide bonds. The maximum absolute atomic E-state index is 11.5. The maximum atomic E-state index is 11.5. The first kappa shape index (κ1) is 10.9. The summed E-state index contributed by atoms with van der Waals surface area (Å²) < 4.78 is 0. The summed E-state index contributed by atoms with van der Waals surface area (Å²) >= 11 is 0. The zero-order chi connectivity index (χ0) is 11.2. The average Bonchev–Trinajstić information content (AvgIpc) is 2.81. The van der Waals surface area contributed by atoms with Crippen molar-refractivity contribution in [1.82, 2.24) is 10.3 Å². The second-order valence-electron chi connectivity index (χ2n) is 4.08. The first-order valence-corrected chi connectivity index (χ1v) is 5.74. The third kappa shape index (κ3) is 3.19. The Labute approximate surface area is 95.6 Å². The first-order valence-electron chi connectivity index (χ1n) is 5.74. The Hall–Kier alpha value is -1.64. The van der Waals surface area contributed by atoms with Crippen LogP contribution in [0.1, 0.15) is 31.4 Å². The predicted molar refractivity (Wildman–Crippen MR) is 63.7 cm³/mol. The van der Waals surface area contributed by atoms with Crippen LogP contribution in [0.25, 0.3) is 6.08 Å². The smallest absolute Gasteiger partial charge is 0.244 e. The molecular weight excluding hydrogens is 200 g/mol. The van der Waals surface area contributed by atoms with Gasteiger partial charge in [0.25, 0.3) is 0 Å². The van der Waals surface area contributed by atoms with E-state index in [9.17, 15) is 4.79 Å². The zero-order valence-corrected chi connectivity index (χ0v) is 9.23. The van der Waals surface area contributed by atoms with Crippen molar-refractivity contribution in [2.45, 2.75) is 31.7 Å². The van der Waals surface area contributed by atoms with Crippen molar-refractivity contribution < 1.29 is 4.79 Å². The van der Waals surface area contributed by atoms with E-state index in [2.05, 4.69) is 10.3 Å². The Morgan fingerprint density at radius 1 is 1.38 bits per heavy atom. The average molecular weight is 216 g/mol. The molecule has 0 spiro atoms. The fourth-order valence-electron chi connectivity index (χ4n) is 1.96. The van der Waals surface area contributed by atoms with Crippen LogP contribution >= 0.6 is 0 Å². The van der Waals surface area contributed by atoms with Gasteiger partial charge in [-0.2, -0.15) is 0 Å². The van der Waals surface area contributed by atoms with E-state index in [-0.39, 0.29) is 5.91 Å². The number of amides is 1. The van der Waals surface area contributed by atoms with Crippen LogP contribution in [0.5, 0.6) is 0 Å². The third-order valence-electron chi connectivity index (χ3n) is 2.79. The Morgan fingerprint density at radius 3 is 2.88 bits per heavy atom. The highest BCUT2D eigenvalue weighted by atomic mass is 16.1. The van der Waals surface area contributed by atoms with Crippen molar-refractivity contribution in [2.75, 3.05) is 0 Å². The summed E-state index contributed by atoms with van der Waals surface area (Å²) in [7, 11) is 0. The Kier molecular flexibility index (Phi) is 3.70. The minimum atomic E-state index is -0.0162. The van der Waals surface area contributed by atoms with Crippen molar-refractivity contribution >= 4 is 12.0 Å². The van der Waals surface area contributed by atoms with Crippen molar-refractivity contribution in [2.24, 2.45) is 0 Å². The number of hydrogen-bond donors (Lipinski definition) is 1. The Morgan fingerprint density at radius 2 is 2.19 bits per heavy atom. The van der Waals surface area contributed by atoms with Gasteiger partial charge in [-0.3, -0.25) is 9.78 Å². The zero-order valence-electron chi connectivity index (χ0n) is 9.23. The molecule has 1 saturated carbocycles. The van der Waals surface area contributed by atoms with Crippen LogP contribution in [-0.4, -0.2) is 16.9 Å². The first-order chi connectivity index (χ1) is 7.84. The molecule has 0 bridgehead atoms. The highest BCUT2D eigenvalue weighted by molar-refractivity contribution is 5.91. The molecule has 1 heterocycles. The molecule has 1 aromatic heterocycles. The quantitative estimate of drug-likeness (QED) is 0.787. The summed E-state index contributed by atoms with van der Waals surface area (Å²) in [5.41, 5.74) is 0.809. The van der Waals surface area contributed by atoms with Crippen molar-refractivity contribution in [3.8, 4) is 0 Å². The minimum absolute atomic E-state index is 0.0162. The normalized spacial score (nSPS) is 16.8. The lowest BCUT2D eigenvalue weighted by atomic mass is 10.2. The van der Waals surface area contributed by atoms with Gasteiger partial charge in [-0.1, -0.05) is 18.9 Å². The van der Waals surface area contributed by atoms with Gasteiger partial charge < -0.3 is 5.32 Å². The summed E-state index contributed by atoms with van der Waals surface area (Å²) in [4.78, 5) is 15.7. The Bertz CT molecular complexity index is 367. The third-order valence-corrected chi connectivity index (χ3v) is 2.79. The van der Waals surface area contributed by atoms with E-state index in [0.717, 1.165) is 18.5 Å². The minimum Gasteiger partial charge on any atom is -0.350 e. The number of nitrogens with one attached hydrogen (secondary N) is 1. The van der Waals surface area contributed by atoms with Gasteiger partial charge in [-0.05, 0) is 31.1 Å². The van der Waals surface area contributed by atoms with E-state index in [1.165, 1.54) is 12.8 Å². The van der Waals surface area contributed by atoms with Crippen molar-refractivity contribution in [1.29, 1.82) is 0 Å². The number of aromatic nitrogens is 1. The van der Waals surface area contributed by atoms with Crippen LogP contribution in [0.15, 0.2) is 30.5 Å². The van der Waals surface area contributed by atoms with Crippen LogP contribution in [0.4, 0.5) is 0 Å². The molecule has 0 aromatic carbocycles. The number of carbonyl (C=O) groups excluding carboxylic acids is 1. The molecule has 0 atom stereocenters. The molecular formula is C13H16N2O. The van der Waals surface area contributed by atoms with Crippen LogP contribution in [-0.2, 0) is 4.79 Å². The monoisotopic (exact) mass is 216 g/mol. The summed E-state index contributed by atoms with van der Waals surface area (Å²) in [5, 5.41) is 3.00. The van der Waals surface area contributed by atoms with Crippen molar-refractivity contribution in [3.63, 3.8) is 0 Å². The predicted octanol–water partition coefficient (Wildman–Crippen LogP) is 2.15. The molecule has 84 valence electrons. The standard InChI is InChI=1S/C13H16N2O/c16-13(15-12-6-1-2-7-12)9-8-11-5-3-4-10-14-11/h3-5,8-10,12H,1-2,6-7H2,(H,15,16)/b9-8+. The number of nitrogens with zero attached hydrogens (tertiary/aromatic N) is 1. The molecule has 2 rings (SSSR count). The summed E-state index contributed by atoms with van der Waals surface area (Å²) in [6, 6.07) is 6.01. The molecule has 0 aliphatic heterocycles. The van der Waals surface area contributed by atoms with Gasteiger partial charge in [0.1, 0.15) is 0 Å². The topological polar surface area (TPSA) is 42.0 Å². The highest BCUT2D eigenvalue weighted by Gasteiger charge is 2.15. The number of carbonyl (C=O) groups is 1. The van der Waals surface area contributed by atoms with Gasteiger partial charge in [0.05, 0.1) is 5.69 Å². The summed E-state index contributed by atoms with van der Waals surface area (Å²) in [6.07, 6.45) is 9.70. The summed E-state index contributed by atoms with van der Waals surface area (Å²) in [6.45, 7) is 0.